The Morgan fingerprint density at radius 1 is 1.45 bits per heavy atom. The molecule has 1 fully saturated rings. The Labute approximate surface area is 117 Å². The fourth-order valence-electron chi connectivity index (χ4n) is 2.79. The molecular formula is C16H19FN2O. The Morgan fingerprint density at radius 3 is 2.95 bits per heavy atom. The number of H-pyrrole nitrogens is 1. The van der Waals surface area contributed by atoms with Crippen LogP contribution in [0.5, 0.6) is 0 Å². The third kappa shape index (κ3) is 2.09. The van der Waals surface area contributed by atoms with Crippen molar-refractivity contribution in [3.8, 4) is 0 Å². The summed E-state index contributed by atoms with van der Waals surface area (Å²) in [5.41, 5.74) is 1.36. The monoisotopic (exact) mass is 274 g/mol. The second-order valence-electron chi connectivity index (χ2n) is 5.58. The largest absolute Gasteiger partial charge is 0.361 e. The van der Waals surface area contributed by atoms with Crippen LogP contribution < -0.4 is 5.32 Å². The van der Waals surface area contributed by atoms with Gasteiger partial charge in [0.1, 0.15) is 5.82 Å². The lowest BCUT2D eigenvalue weighted by molar-refractivity contribution is -0.123. The van der Waals surface area contributed by atoms with Gasteiger partial charge in [-0.3, -0.25) is 4.79 Å². The van der Waals surface area contributed by atoms with Gasteiger partial charge in [-0.2, -0.15) is 0 Å². The molecule has 3 nitrogen and oxygen atoms in total. The average molecular weight is 274 g/mol. The topological polar surface area (TPSA) is 44.9 Å². The van der Waals surface area contributed by atoms with Gasteiger partial charge in [-0.25, -0.2) is 4.39 Å². The zero-order valence-electron chi connectivity index (χ0n) is 11.6. The second-order valence-corrected chi connectivity index (χ2v) is 5.58. The van der Waals surface area contributed by atoms with Gasteiger partial charge in [-0.1, -0.05) is 13.3 Å². The maximum Gasteiger partial charge on any atom is 0.230 e. The number of carbonyl (C=O) groups excluding carboxylic acids is 1. The summed E-state index contributed by atoms with van der Waals surface area (Å²) >= 11 is 0. The minimum atomic E-state index is -0.399. The number of fused-ring (bicyclic) bond motifs is 1. The SMILES string of the molecule is CCCCNC(=O)C1(c2c[nH]c3cc(F)ccc23)CC1. The highest BCUT2D eigenvalue weighted by atomic mass is 19.1. The molecule has 1 aliphatic carbocycles. The molecule has 0 atom stereocenters. The molecule has 2 N–H and O–H groups in total. The van der Waals surface area contributed by atoms with Crippen LogP contribution in [0.25, 0.3) is 10.9 Å². The Bertz CT molecular complexity index is 643. The summed E-state index contributed by atoms with van der Waals surface area (Å²) < 4.78 is 13.2. The number of nitrogens with one attached hydrogen (secondary N) is 2. The predicted octanol–water partition coefficient (Wildman–Crippen LogP) is 3.25. The van der Waals surface area contributed by atoms with Crippen molar-refractivity contribution in [2.45, 2.75) is 38.0 Å². The molecule has 1 saturated carbocycles. The highest BCUT2D eigenvalue weighted by molar-refractivity contribution is 5.97. The van der Waals surface area contributed by atoms with Crippen LogP contribution in [0.3, 0.4) is 0 Å². The zero-order chi connectivity index (χ0) is 14.2. The van der Waals surface area contributed by atoms with Gasteiger partial charge in [-0.15, -0.1) is 0 Å². The van der Waals surface area contributed by atoms with Crippen LogP contribution >= 0.6 is 0 Å². The molecule has 0 radical (unpaired) electrons. The first-order valence-corrected chi connectivity index (χ1v) is 7.23. The van der Waals surface area contributed by atoms with Gasteiger partial charge in [0.25, 0.3) is 0 Å². The van der Waals surface area contributed by atoms with Crippen molar-refractivity contribution in [2.24, 2.45) is 0 Å². The van der Waals surface area contributed by atoms with E-state index in [1.165, 1.54) is 12.1 Å². The molecule has 2 aromatic rings. The maximum absolute atomic E-state index is 13.2. The lowest BCUT2D eigenvalue weighted by atomic mass is 9.94. The summed E-state index contributed by atoms with van der Waals surface area (Å²) in [5.74, 6) is -0.153. The van der Waals surface area contributed by atoms with E-state index >= 15 is 0 Å². The molecule has 0 unspecified atom stereocenters. The van der Waals surface area contributed by atoms with Gasteiger partial charge >= 0.3 is 0 Å². The molecular weight excluding hydrogens is 255 g/mol. The first-order valence-electron chi connectivity index (χ1n) is 7.23. The summed E-state index contributed by atoms with van der Waals surface area (Å²) in [6.07, 6.45) is 5.67. The fraction of sp³-hybridized carbons (Fsp3) is 0.438. The van der Waals surface area contributed by atoms with Crippen LogP contribution in [0.2, 0.25) is 0 Å². The normalized spacial score (nSPS) is 16.3. The molecule has 1 heterocycles. The van der Waals surface area contributed by atoms with Gasteiger partial charge in [0.15, 0.2) is 0 Å². The minimum Gasteiger partial charge on any atom is -0.361 e. The van der Waals surface area contributed by atoms with Gasteiger partial charge in [0, 0.05) is 23.6 Å². The van der Waals surface area contributed by atoms with Crippen molar-refractivity contribution in [3.05, 3.63) is 35.8 Å². The number of aromatic amines is 1. The van der Waals surface area contributed by atoms with E-state index in [0.29, 0.717) is 0 Å². The van der Waals surface area contributed by atoms with Crippen molar-refractivity contribution >= 4 is 16.8 Å². The Morgan fingerprint density at radius 2 is 2.25 bits per heavy atom. The quantitative estimate of drug-likeness (QED) is 0.808. The maximum atomic E-state index is 13.2. The van der Waals surface area contributed by atoms with Gasteiger partial charge in [0.2, 0.25) is 5.91 Å². The number of carbonyl (C=O) groups is 1. The lowest BCUT2D eigenvalue weighted by Crippen LogP contribution is -2.35. The first kappa shape index (κ1) is 13.2. The molecule has 106 valence electrons. The Hall–Kier alpha value is -1.84. The highest BCUT2D eigenvalue weighted by Gasteiger charge is 2.52. The third-order valence-corrected chi connectivity index (χ3v) is 4.16. The van der Waals surface area contributed by atoms with E-state index in [-0.39, 0.29) is 11.7 Å². The van der Waals surface area contributed by atoms with E-state index in [1.54, 1.807) is 6.07 Å². The number of aromatic nitrogens is 1. The van der Waals surface area contributed by atoms with Crippen LogP contribution in [0.15, 0.2) is 24.4 Å². The van der Waals surface area contributed by atoms with E-state index in [9.17, 15) is 9.18 Å². The van der Waals surface area contributed by atoms with Gasteiger partial charge in [0.05, 0.1) is 5.41 Å². The molecule has 1 amide bonds. The number of halogens is 1. The summed E-state index contributed by atoms with van der Waals surface area (Å²) in [6, 6.07) is 4.69. The molecule has 1 aliphatic rings. The van der Waals surface area contributed by atoms with Crippen LogP contribution in [0, 0.1) is 5.82 Å². The molecule has 3 rings (SSSR count). The van der Waals surface area contributed by atoms with Crippen LogP contribution in [0.1, 0.15) is 38.2 Å². The van der Waals surface area contributed by atoms with Crippen LogP contribution in [-0.4, -0.2) is 17.4 Å². The summed E-state index contributed by atoms with van der Waals surface area (Å²) in [4.78, 5) is 15.5. The second kappa shape index (κ2) is 4.93. The van der Waals surface area contributed by atoms with E-state index in [0.717, 1.165) is 48.7 Å². The van der Waals surface area contributed by atoms with E-state index in [1.807, 2.05) is 6.20 Å². The van der Waals surface area contributed by atoms with Crippen molar-refractivity contribution in [1.82, 2.24) is 10.3 Å². The van der Waals surface area contributed by atoms with Crippen molar-refractivity contribution in [3.63, 3.8) is 0 Å². The van der Waals surface area contributed by atoms with E-state index in [2.05, 4.69) is 17.2 Å². The predicted molar refractivity (Wildman–Crippen MR) is 77.1 cm³/mol. The molecule has 1 aromatic carbocycles. The molecule has 0 saturated heterocycles. The van der Waals surface area contributed by atoms with Crippen molar-refractivity contribution in [1.29, 1.82) is 0 Å². The minimum absolute atomic E-state index is 0.108. The Balaban J connectivity index is 1.88. The molecule has 20 heavy (non-hydrogen) atoms. The first-order chi connectivity index (χ1) is 9.67. The average Bonchev–Trinajstić information content (AvgIpc) is 3.14. The van der Waals surface area contributed by atoms with E-state index < -0.39 is 5.41 Å². The van der Waals surface area contributed by atoms with Gasteiger partial charge in [-0.05, 0) is 43.0 Å². The molecule has 1 aromatic heterocycles. The molecule has 0 aliphatic heterocycles. The number of benzene rings is 1. The summed E-state index contributed by atoms with van der Waals surface area (Å²) in [6.45, 7) is 2.83. The third-order valence-electron chi connectivity index (χ3n) is 4.16. The lowest BCUT2D eigenvalue weighted by Gasteiger charge is -2.14. The smallest absolute Gasteiger partial charge is 0.230 e. The molecule has 0 bridgehead atoms. The van der Waals surface area contributed by atoms with Crippen molar-refractivity contribution in [2.75, 3.05) is 6.54 Å². The van der Waals surface area contributed by atoms with Gasteiger partial charge < -0.3 is 10.3 Å². The van der Waals surface area contributed by atoms with Crippen LogP contribution in [0.4, 0.5) is 4.39 Å². The number of hydrogen-bond donors (Lipinski definition) is 2. The molecule has 0 spiro atoms. The summed E-state index contributed by atoms with van der Waals surface area (Å²) in [7, 11) is 0. The van der Waals surface area contributed by atoms with Crippen LogP contribution in [-0.2, 0) is 10.2 Å². The molecule has 4 heteroatoms. The summed E-state index contributed by atoms with van der Waals surface area (Å²) in [5, 5.41) is 3.98. The number of amides is 1. The Kier molecular flexibility index (Phi) is 3.24. The standard InChI is InChI=1S/C16H19FN2O/c1-2-3-8-18-15(20)16(6-7-16)13-10-19-14-9-11(17)4-5-12(13)14/h4-5,9-10,19H,2-3,6-8H2,1H3,(H,18,20). The number of rotatable bonds is 5. The zero-order valence-corrected chi connectivity index (χ0v) is 11.6. The number of hydrogen-bond acceptors (Lipinski definition) is 1. The highest BCUT2D eigenvalue weighted by Crippen LogP contribution is 2.50. The van der Waals surface area contributed by atoms with Crippen molar-refractivity contribution < 1.29 is 9.18 Å². The number of unbranched alkanes of at least 4 members (excludes halogenated alkanes) is 1. The fourth-order valence-corrected chi connectivity index (χ4v) is 2.79. The van der Waals surface area contributed by atoms with E-state index in [4.69, 9.17) is 0 Å².